The molecule has 0 spiro atoms. The first-order chi connectivity index (χ1) is 11.5. The number of aryl methyl sites for hydroxylation is 1. The molecule has 0 heterocycles. The molecule has 0 aromatic heterocycles. The molecule has 2 aromatic carbocycles. The molecule has 1 amide bonds. The number of hydrogen-bond acceptors (Lipinski definition) is 3. The Hall–Kier alpha value is -2.14. The zero-order valence-electron chi connectivity index (χ0n) is 14.0. The summed E-state index contributed by atoms with van der Waals surface area (Å²) < 4.78 is 6.59. The molecule has 0 radical (unpaired) electrons. The first-order valence-corrected chi connectivity index (χ1v) is 8.56. The summed E-state index contributed by atoms with van der Waals surface area (Å²) in [5.41, 5.74) is 5.55. The molecule has 0 atom stereocenters. The fourth-order valence-electron chi connectivity index (χ4n) is 2.17. The van der Waals surface area contributed by atoms with Gasteiger partial charge in [0.2, 0.25) is 0 Å². The molecule has 0 saturated carbocycles. The molecule has 2 aromatic rings. The highest BCUT2D eigenvalue weighted by Gasteiger charge is 2.10. The Balaban J connectivity index is 1.92. The van der Waals surface area contributed by atoms with Gasteiger partial charge in [-0.05, 0) is 36.1 Å². The summed E-state index contributed by atoms with van der Waals surface area (Å²) in [4.78, 5) is 11.9. The van der Waals surface area contributed by atoms with Crippen molar-refractivity contribution in [1.82, 2.24) is 5.43 Å². The van der Waals surface area contributed by atoms with Crippen LogP contribution in [0.2, 0.25) is 0 Å². The Morgan fingerprint density at radius 1 is 1.29 bits per heavy atom. The largest absolute Gasteiger partial charge is 0.483 e. The third kappa shape index (κ3) is 5.20. The number of benzene rings is 2. The van der Waals surface area contributed by atoms with Crippen LogP contribution in [0.3, 0.4) is 0 Å². The van der Waals surface area contributed by atoms with Crippen molar-refractivity contribution >= 4 is 28.1 Å². The lowest BCUT2D eigenvalue weighted by Crippen LogP contribution is -2.25. The number of amides is 1. The molecule has 0 aliphatic carbocycles. The van der Waals surface area contributed by atoms with Gasteiger partial charge in [-0.2, -0.15) is 5.10 Å². The molecule has 0 aliphatic rings. The van der Waals surface area contributed by atoms with E-state index in [2.05, 4.69) is 40.3 Å². The third-order valence-electron chi connectivity index (χ3n) is 3.45. The number of rotatable bonds is 6. The minimum absolute atomic E-state index is 0.0729. The third-order valence-corrected chi connectivity index (χ3v) is 4.17. The maximum Gasteiger partial charge on any atom is 0.277 e. The lowest BCUT2D eigenvalue weighted by atomic mass is 10.0. The molecule has 2 rings (SSSR count). The van der Waals surface area contributed by atoms with Crippen LogP contribution in [0.5, 0.6) is 5.75 Å². The average molecular weight is 389 g/mol. The van der Waals surface area contributed by atoms with E-state index < -0.39 is 0 Å². The Labute approximate surface area is 151 Å². The van der Waals surface area contributed by atoms with Crippen molar-refractivity contribution in [2.24, 2.45) is 5.10 Å². The smallest absolute Gasteiger partial charge is 0.277 e. The van der Waals surface area contributed by atoms with Gasteiger partial charge in [0, 0.05) is 10.0 Å². The van der Waals surface area contributed by atoms with Crippen LogP contribution in [0.15, 0.2) is 52.0 Å². The van der Waals surface area contributed by atoms with E-state index in [0.717, 1.165) is 26.9 Å². The maximum absolute atomic E-state index is 11.9. The summed E-state index contributed by atoms with van der Waals surface area (Å²) >= 11 is 3.42. The van der Waals surface area contributed by atoms with Crippen LogP contribution in [-0.2, 0) is 4.79 Å². The molecule has 4 nitrogen and oxygen atoms in total. The Morgan fingerprint density at radius 2 is 2.04 bits per heavy atom. The van der Waals surface area contributed by atoms with Crippen LogP contribution >= 0.6 is 15.9 Å². The number of carbonyl (C=O) groups excluding carboxylic acids is 1. The van der Waals surface area contributed by atoms with Crippen molar-refractivity contribution in [3.8, 4) is 5.75 Å². The number of hydrogen-bond donors (Lipinski definition) is 1. The van der Waals surface area contributed by atoms with Gasteiger partial charge in [0.05, 0.1) is 6.21 Å². The van der Waals surface area contributed by atoms with Crippen LogP contribution in [0.1, 0.15) is 36.5 Å². The summed E-state index contributed by atoms with van der Waals surface area (Å²) in [7, 11) is 0. The number of nitrogens with one attached hydrogen (secondary N) is 1. The lowest BCUT2D eigenvalue weighted by Gasteiger charge is -2.14. The SMILES string of the molecule is Cc1ccc(C(C)C)c(OCC(=O)N/N=C/c2ccccc2Br)c1. The van der Waals surface area contributed by atoms with Crippen LogP contribution in [0.25, 0.3) is 0 Å². The number of hydrazone groups is 1. The fraction of sp³-hybridized carbons (Fsp3) is 0.263. The van der Waals surface area contributed by atoms with Gasteiger partial charge in [-0.15, -0.1) is 0 Å². The highest BCUT2D eigenvalue weighted by atomic mass is 79.9. The van der Waals surface area contributed by atoms with Gasteiger partial charge in [-0.1, -0.05) is 60.1 Å². The summed E-state index contributed by atoms with van der Waals surface area (Å²) in [6.45, 7) is 6.12. The predicted molar refractivity (Wildman–Crippen MR) is 101 cm³/mol. The first-order valence-electron chi connectivity index (χ1n) is 7.77. The quantitative estimate of drug-likeness (QED) is 0.588. The minimum Gasteiger partial charge on any atom is -0.483 e. The zero-order chi connectivity index (χ0) is 17.5. The maximum atomic E-state index is 11.9. The van der Waals surface area contributed by atoms with Crippen LogP contribution in [0, 0.1) is 6.92 Å². The van der Waals surface area contributed by atoms with Crippen LogP contribution in [0.4, 0.5) is 0 Å². The second kappa shape index (κ2) is 8.64. The lowest BCUT2D eigenvalue weighted by molar-refractivity contribution is -0.123. The monoisotopic (exact) mass is 388 g/mol. The topological polar surface area (TPSA) is 50.7 Å². The second-order valence-electron chi connectivity index (χ2n) is 5.80. The number of halogens is 1. The van der Waals surface area contributed by atoms with E-state index in [1.165, 1.54) is 0 Å². The van der Waals surface area contributed by atoms with E-state index in [1.54, 1.807) is 6.21 Å². The van der Waals surface area contributed by atoms with Crippen LogP contribution < -0.4 is 10.2 Å². The molecule has 0 unspecified atom stereocenters. The van der Waals surface area contributed by atoms with E-state index >= 15 is 0 Å². The highest BCUT2D eigenvalue weighted by Crippen LogP contribution is 2.27. The minimum atomic E-state index is -0.297. The standard InChI is InChI=1S/C19H21BrN2O2/c1-13(2)16-9-8-14(3)10-18(16)24-12-19(23)22-21-11-15-6-4-5-7-17(15)20/h4-11,13H,12H2,1-3H3,(H,22,23)/b21-11+. The molecule has 0 aliphatic heterocycles. The van der Waals surface area contributed by atoms with Gasteiger partial charge in [-0.25, -0.2) is 5.43 Å². The summed E-state index contributed by atoms with van der Waals surface area (Å²) in [5, 5.41) is 3.96. The number of ether oxygens (including phenoxy) is 1. The summed E-state index contributed by atoms with van der Waals surface area (Å²) in [6.07, 6.45) is 1.59. The van der Waals surface area contributed by atoms with Crippen molar-refractivity contribution in [3.63, 3.8) is 0 Å². The first kappa shape index (κ1) is 18.2. The molecule has 0 bridgehead atoms. The van der Waals surface area contributed by atoms with E-state index in [-0.39, 0.29) is 12.5 Å². The van der Waals surface area contributed by atoms with Gasteiger partial charge in [0.1, 0.15) is 5.75 Å². The zero-order valence-corrected chi connectivity index (χ0v) is 15.6. The molecule has 0 fully saturated rings. The van der Waals surface area contributed by atoms with Crippen molar-refractivity contribution in [3.05, 3.63) is 63.6 Å². The Kier molecular flexibility index (Phi) is 6.55. The van der Waals surface area contributed by atoms with Gasteiger partial charge >= 0.3 is 0 Å². The van der Waals surface area contributed by atoms with E-state index in [0.29, 0.717) is 5.92 Å². The fourth-order valence-corrected chi connectivity index (χ4v) is 2.56. The molecule has 0 saturated heterocycles. The van der Waals surface area contributed by atoms with Crippen LogP contribution in [-0.4, -0.2) is 18.7 Å². The molecule has 5 heteroatoms. The van der Waals surface area contributed by atoms with Crippen molar-refractivity contribution in [2.75, 3.05) is 6.61 Å². The van der Waals surface area contributed by atoms with Gasteiger partial charge in [0.25, 0.3) is 5.91 Å². The van der Waals surface area contributed by atoms with Gasteiger partial charge in [-0.3, -0.25) is 4.79 Å². The molecule has 24 heavy (non-hydrogen) atoms. The molecule has 126 valence electrons. The van der Waals surface area contributed by atoms with Gasteiger partial charge < -0.3 is 4.74 Å². The van der Waals surface area contributed by atoms with Gasteiger partial charge in [0.15, 0.2) is 6.61 Å². The second-order valence-corrected chi connectivity index (χ2v) is 6.65. The molecular formula is C19H21BrN2O2. The summed E-state index contributed by atoms with van der Waals surface area (Å²) in [6, 6.07) is 13.7. The Morgan fingerprint density at radius 3 is 2.75 bits per heavy atom. The number of carbonyl (C=O) groups is 1. The predicted octanol–water partition coefficient (Wildman–Crippen LogP) is 4.41. The Bertz CT molecular complexity index is 742. The highest BCUT2D eigenvalue weighted by molar-refractivity contribution is 9.10. The molecule has 1 N–H and O–H groups in total. The normalized spacial score (nSPS) is 11.0. The molecular weight excluding hydrogens is 368 g/mol. The van der Waals surface area contributed by atoms with E-state index in [4.69, 9.17) is 4.74 Å². The van der Waals surface area contributed by atoms with E-state index in [1.807, 2.05) is 49.4 Å². The average Bonchev–Trinajstić information content (AvgIpc) is 2.54. The van der Waals surface area contributed by atoms with Crippen molar-refractivity contribution < 1.29 is 9.53 Å². The van der Waals surface area contributed by atoms with Crippen molar-refractivity contribution in [2.45, 2.75) is 26.7 Å². The van der Waals surface area contributed by atoms with E-state index in [9.17, 15) is 4.79 Å². The number of nitrogens with zero attached hydrogens (tertiary/aromatic N) is 1. The van der Waals surface area contributed by atoms with Crippen molar-refractivity contribution in [1.29, 1.82) is 0 Å². The summed E-state index contributed by atoms with van der Waals surface area (Å²) in [5.74, 6) is 0.779.